The van der Waals surface area contributed by atoms with Crippen molar-refractivity contribution in [2.75, 3.05) is 37.6 Å². The largest absolute Gasteiger partial charge is 0.459 e. The van der Waals surface area contributed by atoms with Crippen LogP contribution in [0.3, 0.4) is 0 Å². The zero-order valence-corrected chi connectivity index (χ0v) is 15.6. The first-order valence-electron chi connectivity index (χ1n) is 9.50. The van der Waals surface area contributed by atoms with Crippen molar-refractivity contribution in [2.24, 2.45) is 4.99 Å². The standard InChI is InChI=1S/C21H25N5O/c1-2-22-21(24-16-18-15-17-7-3-4-8-19(17)27-18)26-13-11-25(12-14-26)20-9-5-6-10-23-20/h3-10,15H,2,11-14,16H2,1H3,(H,22,24). The summed E-state index contributed by atoms with van der Waals surface area (Å²) in [5, 5.41) is 4.53. The van der Waals surface area contributed by atoms with E-state index in [9.17, 15) is 0 Å². The Kier molecular flexibility index (Phi) is 5.23. The molecule has 6 heteroatoms. The molecule has 0 amide bonds. The van der Waals surface area contributed by atoms with Crippen molar-refractivity contribution in [3.63, 3.8) is 0 Å². The number of furan rings is 1. The van der Waals surface area contributed by atoms with Crippen LogP contribution in [-0.2, 0) is 6.54 Å². The first-order chi connectivity index (χ1) is 13.3. The van der Waals surface area contributed by atoms with Crippen molar-refractivity contribution >= 4 is 22.7 Å². The third-order valence-electron chi connectivity index (χ3n) is 4.75. The summed E-state index contributed by atoms with van der Waals surface area (Å²) in [5.74, 6) is 2.87. The molecule has 27 heavy (non-hydrogen) atoms. The van der Waals surface area contributed by atoms with Gasteiger partial charge in [-0.05, 0) is 31.2 Å². The molecular weight excluding hydrogens is 338 g/mol. The number of guanidine groups is 1. The van der Waals surface area contributed by atoms with E-state index in [1.807, 2.05) is 36.5 Å². The third-order valence-corrected chi connectivity index (χ3v) is 4.75. The van der Waals surface area contributed by atoms with E-state index >= 15 is 0 Å². The van der Waals surface area contributed by atoms with Crippen molar-refractivity contribution in [2.45, 2.75) is 13.5 Å². The monoisotopic (exact) mass is 363 g/mol. The average molecular weight is 363 g/mol. The summed E-state index contributed by atoms with van der Waals surface area (Å²) < 4.78 is 5.89. The van der Waals surface area contributed by atoms with E-state index in [1.165, 1.54) is 0 Å². The van der Waals surface area contributed by atoms with Crippen LogP contribution in [0.5, 0.6) is 0 Å². The van der Waals surface area contributed by atoms with Crippen LogP contribution in [0.4, 0.5) is 5.82 Å². The van der Waals surface area contributed by atoms with Gasteiger partial charge in [0.2, 0.25) is 0 Å². The second kappa shape index (κ2) is 8.12. The molecule has 0 atom stereocenters. The molecule has 1 aliphatic rings. The van der Waals surface area contributed by atoms with E-state index in [4.69, 9.17) is 9.41 Å². The molecule has 1 aliphatic heterocycles. The van der Waals surface area contributed by atoms with Crippen LogP contribution >= 0.6 is 0 Å². The zero-order valence-electron chi connectivity index (χ0n) is 15.6. The minimum absolute atomic E-state index is 0.539. The molecule has 1 N–H and O–H groups in total. The van der Waals surface area contributed by atoms with Crippen LogP contribution in [0.15, 0.2) is 64.1 Å². The summed E-state index contributed by atoms with van der Waals surface area (Å²) >= 11 is 0. The number of benzene rings is 1. The molecule has 0 saturated carbocycles. The summed E-state index contributed by atoms with van der Waals surface area (Å²) in [6.45, 7) is 7.20. The number of hydrogen-bond donors (Lipinski definition) is 1. The van der Waals surface area contributed by atoms with Crippen molar-refractivity contribution in [1.82, 2.24) is 15.2 Å². The quantitative estimate of drug-likeness (QED) is 0.570. The van der Waals surface area contributed by atoms with Gasteiger partial charge < -0.3 is 19.5 Å². The van der Waals surface area contributed by atoms with Gasteiger partial charge in [-0.3, -0.25) is 0 Å². The van der Waals surface area contributed by atoms with E-state index in [0.29, 0.717) is 6.54 Å². The highest BCUT2D eigenvalue weighted by molar-refractivity contribution is 5.81. The van der Waals surface area contributed by atoms with Crippen LogP contribution < -0.4 is 10.2 Å². The third kappa shape index (κ3) is 4.05. The number of piperazine rings is 1. The molecule has 0 aliphatic carbocycles. The number of rotatable bonds is 4. The molecule has 140 valence electrons. The van der Waals surface area contributed by atoms with E-state index in [-0.39, 0.29) is 0 Å². The van der Waals surface area contributed by atoms with Crippen molar-refractivity contribution in [1.29, 1.82) is 0 Å². The molecule has 3 aromatic rings. The molecule has 3 heterocycles. The summed E-state index contributed by atoms with van der Waals surface area (Å²) in [6, 6.07) is 16.2. The Balaban J connectivity index is 1.42. The van der Waals surface area contributed by atoms with Gasteiger partial charge in [-0.25, -0.2) is 9.98 Å². The molecule has 1 aromatic carbocycles. The molecule has 0 bridgehead atoms. The van der Waals surface area contributed by atoms with Gasteiger partial charge in [-0.1, -0.05) is 24.3 Å². The molecule has 2 aromatic heterocycles. The van der Waals surface area contributed by atoms with Gasteiger partial charge in [0.05, 0.1) is 0 Å². The highest BCUT2D eigenvalue weighted by Crippen LogP contribution is 2.19. The predicted octanol–water partition coefficient (Wildman–Crippen LogP) is 3.12. The average Bonchev–Trinajstić information content (AvgIpc) is 3.15. The maximum Gasteiger partial charge on any atom is 0.194 e. The molecule has 4 rings (SSSR count). The van der Waals surface area contributed by atoms with Gasteiger partial charge in [0.1, 0.15) is 23.7 Å². The van der Waals surface area contributed by atoms with Crippen molar-refractivity contribution < 1.29 is 4.42 Å². The number of nitrogens with zero attached hydrogens (tertiary/aromatic N) is 4. The topological polar surface area (TPSA) is 56.9 Å². The number of fused-ring (bicyclic) bond motifs is 1. The van der Waals surface area contributed by atoms with Gasteiger partial charge in [0, 0.05) is 44.3 Å². The number of aliphatic imine (C=N–C) groups is 1. The lowest BCUT2D eigenvalue weighted by Crippen LogP contribution is -2.52. The lowest BCUT2D eigenvalue weighted by atomic mass is 10.2. The van der Waals surface area contributed by atoms with Gasteiger partial charge >= 0.3 is 0 Å². The number of anilines is 1. The molecule has 6 nitrogen and oxygen atoms in total. The Morgan fingerprint density at radius 2 is 1.93 bits per heavy atom. The van der Waals surface area contributed by atoms with Crippen LogP contribution in [-0.4, -0.2) is 48.6 Å². The summed E-state index contributed by atoms with van der Waals surface area (Å²) in [5.41, 5.74) is 0.914. The fourth-order valence-corrected chi connectivity index (χ4v) is 3.38. The summed E-state index contributed by atoms with van der Waals surface area (Å²) in [4.78, 5) is 13.9. The van der Waals surface area contributed by atoms with Crippen molar-refractivity contribution in [3.8, 4) is 0 Å². The van der Waals surface area contributed by atoms with Gasteiger partial charge in [0.15, 0.2) is 5.96 Å². The molecule has 0 unspecified atom stereocenters. The Hall–Kier alpha value is -3.02. The maximum atomic E-state index is 5.89. The Morgan fingerprint density at radius 1 is 1.11 bits per heavy atom. The van der Waals surface area contributed by atoms with Gasteiger partial charge in [-0.2, -0.15) is 0 Å². The van der Waals surface area contributed by atoms with Crippen LogP contribution in [0.1, 0.15) is 12.7 Å². The fraction of sp³-hybridized carbons (Fsp3) is 0.333. The van der Waals surface area contributed by atoms with Crippen LogP contribution in [0, 0.1) is 0 Å². The number of hydrogen-bond acceptors (Lipinski definition) is 4. The van der Waals surface area contributed by atoms with Crippen molar-refractivity contribution in [3.05, 3.63) is 60.5 Å². The van der Waals surface area contributed by atoms with E-state index in [1.54, 1.807) is 0 Å². The molecule has 1 saturated heterocycles. The minimum Gasteiger partial charge on any atom is -0.459 e. The maximum absolute atomic E-state index is 5.89. The number of nitrogens with one attached hydrogen (secondary N) is 1. The van der Waals surface area contributed by atoms with Gasteiger partial charge in [-0.15, -0.1) is 0 Å². The predicted molar refractivity (Wildman–Crippen MR) is 109 cm³/mol. The molecule has 0 spiro atoms. The highest BCUT2D eigenvalue weighted by Gasteiger charge is 2.20. The molecule has 0 radical (unpaired) electrons. The molecular formula is C21H25N5O. The van der Waals surface area contributed by atoms with Gasteiger partial charge in [0.25, 0.3) is 0 Å². The SMILES string of the molecule is CCNC(=NCc1cc2ccccc2o1)N1CCN(c2ccccn2)CC1. The van der Waals surface area contributed by atoms with Crippen LogP contribution in [0.2, 0.25) is 0 Å². The van der Waals surface area contributed by atoms with E-state index in [0.717, 1.165) is 61.2 Å². The second-order valence-electron chi connectivity index (χ2n) is 6.58. The van der Waals surface area contributed by atoms with Crippen LogP contribution in [0.25, 0.3) is 11.0 Å². The number of aromatic nitrogens is 1. The Morgan fingerprint density at radius 3 is 2.67 bits per heavy atom. The fourth-order valence-electron chi connectivity index (χ4n) is 3.38. The minimum atomic E-state index is 0.539. The summed E-state index contributed by atoms with van der Waals surface area (Å²) in [7, 11) is 0. The number of para-hydroxylation sites is 1. The first kappa shape index (κ1) is 17.4. The first-order valence-corrected chi connectivity index (χ1v) is 9.50. The smallest absolute Gasteiger partial charge is 0.194 e. The zero-order chi connectivity index (χ0) is 18.5. The van der Waals surface area contributed by atoms with E-state index in [2.05, 4.69) is 45.2 Å². The second-order valence-corrected chi connectivity index (χ2v) is 6.58. The Labute approximate surface area is 159 Å². The molecule has 1 fully saturated rings. The lowest BCUT2D eigenvalue weighted by Gasteiger charge is -2.37. The Bertz CT molecular complexity index is 864. The van der Waals surface area contributed by atoms with E-state index < -0.39 is 0 Å². The lowest BCUT2D eigenvalue weighted by molar-refractivity contribution is 0.370. The highest BCUT2D eigenvalue weighted by atomic mass is 16.3. The normalized spacial score (nSPS) is 15.4. The summed E-state index contributed by atoms with van der Waals surface area (Å²) in [6.07, 6.45) is 1.85. The number of pyridine rings is 1.